The molecular formula is C25H33NO4Si. The SMILES string of the molecule is CC(C)(C)[Si](C)(C)[C@@H](/C=C\CCCc1ccccc1)OC(=O)c1ccc([N+](=O)[O-])cc1. The molecule has 0 aliphatic heterocycles. The minimum Gasteiger partial charge on any atom is -0.459 e. The molecule has 0 aliphatic rings. The molecule has 166 valence electrons. The van der Waals surface area contributed by atoms with E-state index in [9.17, 15) is 14.9 Å². The number of esters is 1. The highest BCUT2D eigenvalue weighted by atomic mass is 28.3. The van der Waals surface area contributed by atoms with E-state index in [1.807, 2.05) is 12.1 Å². The van der Waals surface area contributed by atoms with Gasteiger partial charge in [-0.3, -0.25) is 10.1 Å². The Morgan fingerprint density at radius 2 is 1.71 bits per heavy atom. The number of allylic oxidation sites excluding steroid dienone is 1. The van der Waals surface area contributed by atoms with Crippen LogP contribution in [0.1, 0.15) is 49.5 Å². The van der Waals surface area contributed by atoms with Crippen molar-refractivity contribution in [2.75, 3.05) is 0 Å². The third-order valence-electron chi connectivity index (χ3n) is 6.18. The highest BCUT2D eigenvalue weighted by Crippen LogP contribution is 2.40. The highest BCUT2D eigenvalue weighted by Gasteiger charge is 2.43. The summed E-state index contributed by atoms with van der Waals surface area (Å²) >= 11 is 0. The number of non-ortho nitro benzene ring substituents is 1. The van der Waals surface area contributed by atoms with Gasteiger partial charge in [-0.15, -0.1) is 0 Å². The molecule has 2 rings (SSSR count). The van der Waals surface area contributed by atoms with Crippen molar-refractivity contribution in [3.63, 3.8) is 0 Å². The Balaban J connectivity index is 2.09. The molecule has 0 aromatic heterocycles. The van der Waals surface area contributed by atoms with Crippen LogP contribution < -0.4 is 0 Å². The topological polar surface area (TPSA) is 69.4 Å². The summed E-state index contributed by atoms with van der Waals surface area (Å²) in [6, 6.07) is 16.0. The molecule has 0 radical (unpaired) electrons. The quantitative estimate of drug-likeness (QED) is 0.108. The van der Waals surface area contributed by atoms with Gasteiger partial charge in [-0.05, 0) is 42.0 Å². The molecule has 31 heavy (non-hydrogen) atoms. The third-order valence-corrected chi connectivity index (χ3v) is 11.8. The van der Waals surface area contributed by atoms with Crippen molar-refractivity contribution in [1.29, 1.82) is 0 Å². The van der Waals surface area contributed by atoms with Gasteiger partial charge in [0.25, 0.3) is 5.69 Å². The zero-order valence-electron chi connectivity index (χ0n) is 19.1. The number of benzene rings is 2. The van der Waals surface area contributed by atoms with Crippen molar-refractivity contribution >= 4 is 19.7 Å². The van der Waals surface area contributed by atoms with Gasteiger partial charge < -0.3 is 4.74 Å². The van der Waals surface area contributed by atoms with E-state index in [2.05, 4.69) is 64.2 Å². The van der Waals surface area contributed by atoms with Crippen LogP contribution in [0.15, 0.2) is 66.7 Å². The number of carbonyl (C=O) groups excluding carboxylic acids is 1. The smallest absolute Gasteiger partial charge is 0.338 e. The van der Waals surface area contributed by atoms with Crippen molar-refractivity contribution in [3.05, 3.63) is 88.0 Å². The molecule has 0 fully saturated rings. The first-order valence-electron chi connectivity index (χ1n) is 10.7. The fourth-order valence-corrected chi connectivity index (χ4v) is 4.92. The molecule has 0 heterocycles. The van der Waals surface area contributed by atoms with Crippen LogP contribution in [-0.4, -0.2) is 24.7 Å². The first-order chi connectivity index (χ1) is 14.5. The summed E-state index contributed by atoms with van der Waals surface area (Å²) in [5.74, 6) is -0.446. The fraction of sp³-hybridized carbons (Fsp3) is 0.400. The van der Waals surface area contributed by atoms with E-state index in [1.165, 1.54) is 29.8 Å². The predicted molar refractivity (Wildman–Crippen MR) is 128 cm³/mol. The van der Waals surface area contributed by atoms with Crippen LogP contribution >= 0.6 is 0 Å². The summed E-state index contributed by atoms with van der Waals surface area (Å²) in [6.45, 7) is 11.0. The number of rotatable bonds is 9. The number of ether oxygens (including phenoxy) is 1. The number of aryl methyl sites for hydroxylation is 1. The lowest BCUT2D eigenvalue weighted by molar-refractivity contribution is -0.384. The van der Waals surface area contributed by atoms with Gasteiger partial charge in [-0.1, -0.05) is 76.3 Å². The summed E-state index contributed by atoms with van der Waals surface area (Å²) in [6.07, 6.45) is 7.12. The van der Waals surface area contributed by atoms with Crippen LogP contribution in [0.2, 0.25) is 18.1 Å². The molecule has 2 aromatic carbocycles. The summed E-state index contributed by atoms with van der Waals surface area (Å²) < 4.78 is 5.96. The standard InChI is InChI=1S/C25H33NO4Si/c1-25(2,3)31(4,5)23(15-11-7-10-14-20-12-8-6-9-13-20)30-24(27)21-16-18-22(19-17-21)26(28)29/h6,8-9,11-13,15-19,23H,7,10,14H2,1-5H3/b15-11-/t23-/m0/s1. The van der Waals surface area contributed by atoms with Gasteiger partial charge in [0, 0.05) is 12.1 Å². The normalized spacial score (nSPS) is 13.2. The van der Waals surface area contributed by atoms with E-state index >= 15 is 0 Å². The molecule has 6 heteroatoms. The van der Waals surface area contributed by atoms with E-state index in [4.69, 9.17) is 4.74 Å². The average Bonchev–Trinajstić information content (AvgIpc) is 2.72. The van der Waals surface area contributed by atoms with E-state index < -0.39 is 19.0 Å². The Kier molecular flexibility index (Phi) is 8.33. The molecular weight excluding hydrogens is 406 g/mol. The lowest BCUT2D eigenvalue weighted by Crippen LogP contribution is -2.50. The number of nitrogens with zero attached hydrogens (tertiary/aromatic N) is 1. The van der Waals surface area contributed by atoms with Crippen molar-refractivity contribution < 1.29 is 14.5 Å². The predicted octanol–water partition coefficient (Wildman–Crippen LogP) is 6.75. The highest BCUT2D eigenvalue weighted by molar-refractivity contribution is 6.81. The van der Waals surface area contributed by atoms with Crippen molar-refractivity contribution in [1.82, 2.24) is 0 Å². The monoisotopic (exact) mass is 439 g/mol. The molecule has 0 bridgehead atoms. The second-order valence-electron chi connectivity index (χ2n) is 9.41. The first kappa shape index (κ1) is 24.5. The summed E-state index contributed by atoms with van der Waals surface area (Å²) in [5.41, 5.74) is 1.32. The number of nitro groups is 1. The van der Waals surface area contributed by atoms with E-state index in [1.54, 1.807) is 0 Å². The molecule has 0 N–H and O–H groups in total. The maximum absolute atomic E-state index is 12.8. The molecule has 0 saturated heterocycles. The van der Waals surface area contributed by atoms with Crippen LogP contribution in [0.25, 0.3) is 0 Å². The summed E-state index contributed by atoms with van der Waals surface area (Å²) in [7, 11) is -2.02. The van der Waals surface area contributed by atoms with E-state index in [-0.39, 0.29) is 16.5 Å². The Morgan fingerprint density at radius 3 is 2.26 bits per heavy atom. The Morgan fingerprint density at radius 1 is 1.10 bits per heavy atom. The van der Waals surface area contributed by atoms with Crippen molar-refractivity contribution in [2.24, 2.45) is 0 Å². The van der Waals surface area contributed by atoms with Gasteiger partial charge in [-0.2, -0.15) is 0 Å². The van der Waals surface area contributed by atoms with Crippen molar-refractivity contribution in [2.45, 2.75) is 63.9 Å². The summed E-state index contributed by atoms with van der Waals surface area (Å²) in [4.78, 5) is 23.1. The van der Waals surface area contributed by atoms with Gasteiger partial charge in [0.15, 0.2) is 0 Å². The van der Waals surface area contributed by atoms with Gasteiger partial charge in [0.05, 0.1) is 10.5 Å². The van der Waals surface area contributed by atoms with Gasteiger partial charge in [0.1, 0.15) is 13.8 Å². The van der Waals surface area contributed by atoms with Gasteiger partial charge >= 0.3 is 5.97 Å². The molecule has 0 aliphatic carbocycles. The molecule has 0 spiro atoms. The molecule has 0 amide bonds. The van der Waals surface area contributed by atoms with Gasteiger partial charge in [-0.25, -0.2) is 4.79 Å². The number of carbonyl (C=O) groups is 1. The maximum Gasteiger partial charge on any atom is 0.338 e. The number of unbranched alkanes of at least 4 members (excludes halogenated alkanes) is 1. The third kappa shape index (κ3) is 6.89. The minimum atomic E-state index is -2.02. The molecule has 2 aromatic rings. The Labute approximate surface area is 186 Å². The molecule has 1 atom stereocenters. The molecule has 0 saturated carbocycles. The largest absolute Gasteiger partial charge is 0.459 e. The minimum absolute atomic E-state index is 0.0296. The zero-order valence-corrected chi connectivity index (χ0v) is 20.1. The van der Waals surface area contributed by atoms with Crippen LogP contribution in [0.3, 0.4) is 0 Å². The zero-order chi connectivity index (χ0) is 23.1. The van der Waals surface area contributed by atoms with Crippen LogP contribution in [0.4, 0.5) is 5.69 Å². The van der Waals surface area contributed by atoms with Crippen LogP contribution in [0.5, 0.6) is 0 Å². The fourth-order valence-electron chi connectivity index (χ4n) is 3.05. The number of hydrogen-bond donors (Lipinski definition) is 0. The second kappa shape index (κ2) is 10.5. The van der Waals surface area contributed by atoms with Crippen LogP contribution in [0, 0.1) is 10.1 Å². The second-order valence-corrected chi connectivity index (χ2v) is 14.9. The van der Waals surface area contributed by atoms with Crippen LogP contribution in [-0.2, 0) is 11.2 Å². The Bertz CT molecular complexity index is 899. The first-order valence-corrected chi connectivity index (χ1v) is 13.8. The molecule has 0 unspecified atom stereocenters. The number of hydrogen-bond acceptors (Lipinski definition) is 4. The lowest BCUT2D eigenvalue weighted by atomic mass is 10.1. The van der Waals surface area contributed by atoms with E-state index in [0.29, 0.717) is 5.56 Å². The van der Waals surface area contributed by atoms with Gasteiger partial charge in [0.2, 0.25) is 0 Å². The maximum atomic E-state index is 12.8. The van der Waals surface area contributed by atoms with E-state index in [0.717, 1.165) is 19.3 Å². The van der Waals surface area contributed by atoms with Crippen molar-refractivity contribution in [3.8, 4) is 0 Å². The number of nitro benzene ring substituents is 1. The lowest BCUT2D eigenvalue weighted by Gasteiger charge is -2.41. The Hall–Kier alpha value is -2.73. The summed E-state index contributed by atoms with van der Waals surface area (Å²) in [5, 5.41) is 10.9. The average molecular weight is 440 g/mol. The molecule has 5 nitrogen and oxygen atoms in total.